The molecule has 0 spiro atoms. The first-order valence-corrected chi connectivity index (χ1v) is 19.5. The van der Waals surface area contributed by atoms with Crippen molar-refractivity contribution in [3.8, 4) is 22.3 Å². The second kappa shape index (κ2) is 13.0. The van der Waals surface area contributed by atoms with Gasteiger partial charge in [-0.05, 0) is 125 Å². The van der Waals surface area contributed by atoms with Crippen LogP contribution in [-0.2, 0) is 10.8 Å². The number of nitrogens with zero attached hydrogens (tertiary/aromatic N) is 1. The summed E-state index contributed by atoms with van der Waals surface area (Å²) in [6.07, 6.45) is 1.75. The van der Waals surface area contributed by atoms with E-state index in [2.05, 4.69) is 204 Å². The van der Waals surface area contributed by atoms with Crippen molar-refractivity contribution in [1.29, 1.82) is 0 Å². The van der Waals surface area contributed by atoms with Gasteiger partial charge in [0.25, 0.3) is 0 Å². The van der Waals surface area contributed by atoms with Crippen LogP contribution in [0.3, 0.4) is 0 Å². The monoisotopic (exact) mass is 709 g/mol. The summed E-state index contributed by atoms with van der Waals surface area (Å²) in [5.74, 6) is 0. The summed E-state index contributed by atoms with van der Waals surface area (Å²) in [7, 11) is 0. The predicted molar refractivity (Wildman–Crippen MR) is 240 cm³/mol. The summed E-state index contributed by atoms with van der Waals surface area (Å²) >= 11 is 0. The first-order valence-electron chi connectivity index (χ1n) is 19.5. The van der Waals surface area contributed by atoms with Gasteiger partial charge in [-0.15, -0.1) is 6.58 Å². The second-order valence-electron chi connectivity index (χ2n) is 16.6. The van der Waals surface area contributed by atoms with Crippen LogP contribution in [-0.4, -0.2) is 0 Å². The minimum absolute atomic E-state index is 0.117. The number of hydrogen-bond acceptors (Lipinski definition) is 1. The quantitative estimate of drug-likeness (QED) is 0.130. The fraction of sp³-hybridized carbons (Fsp3) is 0.148. The Kier molecular flexibility index (Phi) is 8.17. The summed E-state index contributed by atoms with van der Waals surface area (Å²) in [6.45, 7) is 17.0. The molecular weight excluding hydrogens is 663 g/mol. The maximum Gasteiger partial charge on any atom is 0.0540 e. The molecule has 1 nitrogen and oxygen atoms in total. The molecule has 0 amide bonds. The van der Waals surface area contributed by atoms with Crippen LogP contribution in [0.1, 0.15) is 58.2 Å². The average Bonchev–Trinajstić information content (AvgIpc) is 3.44. The normalized spacial score (nSPS) is 13.1. The van der Waals surface area contributed by atoms with Gasteiger partial charge >= 0.3 is 0 Å². The maximum absolute atomic E-state index is 3.36. The SMILES string of the molecule is C=CC.CC(C)(C)c1ccc(-c2cc3cccc4c5c(c6cccc2c6c34)C(C)(C)c2cc(N(c3ccccc3)c3cccc4ccccc34)ccc2-5)cc1. The molecule has 10 rings (SSSR count). The highest BCUT2D eigenvalue weighted by Crippen LogP contribution is 2.57. The fourth-order valence-electron chi connectivity index (χ4n) is 9.20. The van der Waals surface area contributed by atoms with Gasteiger partial charge in [-0.3, -0.25) is 0 Å². The Bertz CT molecular complexity index is 2880. The molecule has 268 valence electrons. The van der Waals surface area contributed by atoms with Crippen molar-refractivity contribution in [2.24, 2.45) is 0 Å². The summed E-state index contributed by atoms with van der Waals surface area (Å²) < 4.78 is 0. The highest BCUT2D eigenvalue weighted by Gasteiger charge is 2.39. The smallest absolute Gasteiger partial charge is 0.0540 e. The average molecular weight is 710 g/mol. The lowest BCUT2D eigenvalue weighted by Crippen LogP contribution is -2.17. The Morgan fingerprint density at radius 2 is 1.16 bits per heavy atom. The molecular formula is C54H47N. The van der Waals surface area contributed by atoms with Gasteiger partial charge in [-0.25, -0.2) is 0 Å². The van der Waals surface area contributed by atoms with E-state index in [1.54, 1.807) is 6.08 Å². The van der Waals surface area contributed by atoms with Crippen LogP contribution in [0.25, 0.3) is 65.3 Å². The third kappa shape index (κ3) is 5.44. The van der Waals surface area contributed by atoms with Gasteiger partial charge < -0.3 is 4.90 Å². The summed E-state index contributed by atoms with van der Waals surface area (Å²) in [5.41, 5.74) is 12.9. The van der Waals surface area contributed by atoms with Gasteiger partial charge in [0.2, 0.25) is 0 Å². The Morgan fingerprint density at radius 3 is 1.93 bits per heavy atom. The van der Waals surface area contributed by atoms with Gasteiger partial charge in [0, 0.05) is 22.2 Å². The number of rotatable bonds is 4. The van der Waals surface area contributed by atoms with Gasteiger partial charge in [-0.1, -0.05) is 162 Å². The zero-order chi connectivity index (χ0) is 38.1. The van der Waals surface area contributed by atoms with E-state index in [1.165, 1.54) is 93.4 Å². The molecule has 0 aromatic heterocycles. The van der Waals surface area contributed by atoms with Crippen molar-refractivity contribution in [2.75, 3.05) is 4.90 Å². The molecule has 0 fully saturated rings. The number of hydrogen-bond donors (Lipinski definition) is 0. The van der Waals surface area contributed by atoms with Gasteiger partial charge in [0.05, 0.1) is 5.69 Å². The van der Waals surface area contributed by atoms with Crippen LogP contribution in [0.2, 0.25) is 0 Å². The number of anilines is 3. The molecule has 9 aromatic carbocycles. The van der Waals surface area contributed by atoms with Crippen LogP contribution in [0.4, 0.5) is 17.1 Å². The fourth-order valence-corrected chi connectivity index (χ4v) is 9.20. The van der Waals surface area contributed by atoms with Crippen molar-refractivity contribution in [1.82, 2.24) is 0 Å². The first-order chi connectivity index (χ1) is 26.6. The van der Waals surface area contributed by atoms with E-state index in [0.29, 0.717) is 0 Å². The van der Waals surface area contributed by atoms with Crippen molar-refractivity contribution < 1.29 is 0 Å². The molecule has 1 aliphatic carbocycles. The van der Waals surface area contributed by atoms with E-state index in [4.69, 9.17) is 0 Å². The van der Waals surface area contributed by atoms with E-state index >= 15 is 0 Å². The molecule has 1 heteroatoms. The second-order valence-corrected chi connectivity index (χ2v) is 16.6. The molecule has 0 atom stereocenters. The first kappa shape index (κ1) is 34.6. The molecule has 0 saturated heterocycles. The number of para-hydroxylation sites is 1. The topological polar surface area (TPSA) is 3.24 Å². The molecule has 1 aliphatic rings. The zero-order valence-electron chi connectivity index (χ0n) is 32.7. The molecule has 0 unspecified atom stereocenters. The van der Waals surface area contributed by atoms with Crippen molar-refractivity contribution in [3.63, 3.8) is 0 Å². The Balaban J connectivity index is 0.00000128. The van der Waals surface area contributed by atoms with Crippen LogP contribution < -0.4 is 4.90 Å². The maximum atomic E-state index is 3.36. The standard InChI is InChI=1S/C51H41N.C3H6/c1-50(2,3)35-26-24-33(25-27-35)43-30-34-16-11-21-41-46(34)47-39(43)20-13-22-42(47)49-48(41)40-29-28-37(31-44(40)51(49,4)5)52(36-17-7-6-8-18-36)45-23-12-15-32-14-9-10-19-38(32)45;1-3-2/h6-31H,1-5H3;3H,1H2,2H3. The van der Waals surface area contributed by atoms with Crippen molar-refractivity contribution >= 4 is 60.2 Å². The van der Waals surface area contributed by atoms with E-state index in [1.807, 2.05) is 6.92 Å². The van der Waals surface area contributed by atoms with Crippen LogP contribution >= 0.6 is 0 Å². The highest BCUT2D eigenvalue weighted by molar-refractivity contribution is 6.31. The summed E-state index contributed by atoms with van der Waals surface area (Å²) in [4.78, 5) is 2.43. The molecule has 55 heavy (non-hydrogen) atoms. The minimum Gasteiger partial charge on any atom is -0.310 e. The summed E-state index contributed by atoms with van der Waals surface area (Å²) in [6, 6.07) is 58.9. The van der Waals surface area contributed by atoms with Crippen molar-refractivity contribution in [2.45, 2.75) is 52.4 Å². The van der Waals surface area contributed by atoms with Gasteiger partial charge in [0.1, 0.15) is 0 Å². The van der Waals surface area contributed by atoms with Crippen LogP contribution in [0, 0.1) is 0 Å². The van der Waals surface area contributed by atoms with E-state index in [9.17, 15) is 0 Å². The third-order valence-electron chi connectivity index (χ3n) is 11.7. The Hall–Kier alpha value is -6.18. The molecule has 0 bridgehead atoms. The Morgan fingerprint density at radius 1 is 0.545 bits per heavy atom. The van der Waals surface area contributed by atoms with Crippen LogP contribution in [0.15, 0.2) is 170 Å². The number of allylic oxidation sites excluding steroid dienone is 1. The number of benzene rings is 9. The molecule has 0 saturated carbocycles. The lowest BCUT2D eigenvalue weighted by atomic mass is 9.77. The van der Waals surface area contributed by atoms with Gasteiger partial charge in [0.15, 0.2) is 0 Å². The molecule has 0 heterocycles. The Labute approximate surface area is 325 Å². The predicted octanol–water partition coefficient (Wildman–Crippen LogP) is 15.7. The lowest BCUT2D eigenvalue weighted by molar-refractivity contribution is 0.590. The minimum atomic E-state index is -0.222. The third-order valence-corrected chi connectivity index (χ3v) is 11.7. The highest BCUT2D eigenvalue weighted by atomic mass is 15.1. The van der Waals surface area contributed by atoms with E-state index in [0.717, 1.165) is 5.69 Å². The molecule has 0 radical (unpaired) electrons. The molecule has 9 aromatic rings. The van der Waals surface area contributed by atoms with Gasteiger partial charge in [-0.2, -0.15) is 0 Å². The van der Waals surface area contributed by atoms with Crippen molar-refractivity contribution in [3.05, 3.63) is 187 Å². The number of fused-ring (bicyclic) bond motifs is 6. The largest absolute Gasteiger partial charge is 0.310 e. The van der Waals surface area contributed by atoms with E-state index in [-0.39, 0.29) is 10.8 Å². The molecule has 0 N–H and O–H groups in total. The zero-order valence-corrected chi connectivity index (χ0v) is 32.7. The van der Waals surface area contributed by atoms with E-state index < -0.39 is 0 Å². The molecule has 0 aliphatic heterocycles. The van der Waals surface area contributed by atoms with Crippen LogP contribution in [0.5, 0.6) is 0 Å². The summed E-state index contributed by atoms with van der Waals surface area (Å²) in [5, 5.41) is 10.6. The lowest BCUT2D eigenvalue weighted by Gasteiger charge is -2.29.